The second kappa shape index (κ2) is 5.25. The van der Waals surface area contributed by atoms with Gasteiger partial charge in [-0.15, -0.1) is 0 Å². The highest BCUT2D eigenvalue weighted by Crippen LogP contribution is 2.22. The molecule has 0 aliphatic rings. The largest absolute Gasteiger partial charge is 0.462 e. The maximum Gasteiger partial charge on any atom is 0.340 e. The van der Waals surface area contributed by atoms with Gasteiger partial charge in [-0.25, -0.2) is 9.18 Å². The fourth-order valence-corrected chi connectivity index (χ4v) is 1.42. The fraction of sp³-hybridized carbons (Fsp3) is 0.538. The Kier molecular flexibility index (Phi) is 4.21. The molecule has 0 aliphatic heterocycles. The van der Waals surface area contributed by atoms with Gasteiger partial charge in [-0.05, 0) is 19.1 Å². The van der Waals surface area contributed by atoms with E-state index in [1.165, 1.54) is 0 Å². The molecule has 1 heterocycles. The van der Waals surface area contributed by atoms with Crippen LogP contribution >= 0.6 is 0 Å². The van der Waals surface area contributed by atoms with Crippen molar-refractivity contribution in [2.75, 3.05) is 6.61 Å². The van der Waals surface area contributed by atoms with Crippen molar-refractivity contribution in [3.63, 3.8) is 0 Å². The Balaban J connectivity index is 3.14. The monoisotopic (exact) mass is 239 g/mol. The lowest BCUT2D eigenvalue weighted by molar-refractivity contribution is 0.0523. The van der Waals surface area contributed by atoms with Crippen molar-refractivity contribution in [1.29, 1.82) is 0 Å². The topological polar surface area (TPSA) is 39.2 Å². The average Bonchev–Trinajstić information content (AvgIpc) is 2.27. The van der Waals surface area contributed by atoms with Gasteiger partial charge in [0.05, 0.1) is 17.9 Å². The molecule has 4 heteroatoms. The molecule has 0 saturated heterocycles. The lowest BCUT2D eigenvalue weighted by Gasteiger charge is -2.19. The Bertz CT molecular complexity index is 410. The highest BCUT2D eigenvalue weighted by atomic mass is 19.1. The van der Waals surface area contributed by atoms with Crippen LogP contribution in [0.5, 0.6) is 0 Å². The summed E-state index contributed by atoms with van der Waals surface area (Å²) in [4.78, 5) is 15.7. The van der Waals surface area contributed by atoms with Crippen molar-refractivity contribution in [1.82, 2.24) is 4.98 Å². The van der Waals surface area contributed by atoms with Gasteiger partial charge in [0.1, 0.15) is 6.67 Å². The highest BCUT2D eigenvalue weighted by molar-refractivity contribution is 5.90. The van der Waals surface area contributed by atoms with Gasteiger partial charge in [0.2, 0.25) is 0 Å². The maximum atomic E-state index is 12.9. The number of halogens is 1. The van der Waals surface area contributed by atoms with E-state index in [2.05, 4.69) is 4.98 Å². The second-order valence-electron chi connectivity index (χ2n) is 4.79. The van der Waals surface area contributed by atoms with Crippen molar-refractivity contribution in [2.45, 2.75) is 39.8 Å². The van der Waals surface area contributed by atoms with Crippen LogP contribution in [0.4, 0.5) is 4.39 Å². The molecule has 1 aromatic rings. The average molecular weight is 239 g/mol. The minimum Gasteiger partial charge on any atom is -0.462 e. The van der Waals surface area contributed by atoms with E-state index in [0.29, 0.717) is 0 Å². The predicted molar refractivity (Wildman–Crippen MR) is 63.7 cm³/mol. The van der Waals surface area contributed by atoms with Gasteiger partial charge in [0.25, 0.3) is 0 Å². The Morgan fingerprint density at radius 2 is 2.06 bits per heavy atom. The molecule has 0 saturated carbocycles. The van der Waals surface area contributed by atoms with Crippen LogP contribution in [0.1, 0.15) is 49.4 Å². The number of alkyl halides is 1. The standard InChI is InChI=1S/C13H18FNO2/c1-5-17-12(16)9-6-7-11(13(2,3)4)15-10(9)8-14/h6-7H,5,8H2,1-4H3. The third kappa shape index (κ3) is 3.25. The lowest BCUT2D eigenvalue weighted by Crippen LogP contribution is -2.17. The van der Waals surface area contributed by atoms with Gasteiger partial charge in [-0.1, -0.05) is 20.8 Å². The lowest BCUT2D eigenvalue weighted by atomic mass is 9.91. The Labute approximate surface area is 101 Å². The van der Waals surface area contributed by atoms with Gasteiger partial charge < -0.3 is 4.74 Å². The molecule has 0 atom stereocenters. The van der Waals surface area contributed by atoms with Gasteiger partial charge in [0.15, 0.2) is 0 Å². The molecule has 0 radical (unpaired) electrons. The van der Waals surface area contributed by atoms with E-state index < -0.39 is 12.6 Å². The molecule has 0 aromatic carbocycles. The number of aromatic nitrogens is 1. The molecule has 0 amide bonds. The van der Waals surface area contributed by atoms with Crippen LogP contribution in [0.25, 0.3) is 0 Å². The predicted octanol–water partition coefficient (Wildman–Crippen LogP) is 3.03. The minimum atomic E-state index is -0.766. The first-order chi connectivity index (χ1) is 7.90. The van der Waals surface area contributed by atoms with E-state index in [1.807, 2.05) is 20.8 Å². The van der Waals surface area contributed by atoms with Crippen LogP contribution in [0.2, 0.25) is 0 Å². The van der Waals surface area contributed by atoms with E-state index in [0.717, 1.165) is 5.69 Å². The number of ether oxygens (including phenoxy) is 1. The quantitative estimate of drug-likeness (QED) is 0.761. The van der Waals surface area contributed by atoms with Crippen LogP contribution in [-0.4, -0.2) is 17.6 Å². The number of pyridine rings is 1. The van der Waals surface area contributed by atoms with E-state index in [-0.39, 0.29) is 23.3 Å². The summed E-state index contributed by atoms with van der Waals surface area (Å²) in [5.74, 6) is -0.520. The maximum absolute atomic E-state index is 12.9. The van der Waals surface area contributed by atoms with Crippen molar-refractivity contribution < 1.29 is 13.9 Å². The fourth-order valence-electron chi connectivity index (χ4n) is 1.42. The SMILES string of the molecule is CCOC(=O)c1ccc(C(C)(C)C)nc1CF. The molecule has 0 spiro atoms. The second-order valence-corrected chi connectivity index (χ2v) is 4.79. The smallest absolute Gasteiger partial charge is 0.340 e. The molecule has 3 nitrogen and oxygen atoms in total. The molecule has 1 aromatic heterocycles. The highest BCUT2D eigenvalue weighted by Gasteiger charge is 2.20. The molecule has 17 heavy (non-hydrogen) atoms. The normalized spacial score (nSPS) is 11.4. The van der Waals surface area contributed by atoms with Gasteiger partial charge >= 0.3 is 5.97 Å². The number of hydrogen-bond acceptors (Lipinski definition) is 3. The zero-order valence-electron chi connectivity index (χ0n) is 10.7. The van der Waals surface area contributed by atoms with E-state index in [9.17, 15) is 9.18 Å². The first kappa shape index (κ1) is 13.6. The third-order valence-corrected chi connectivity index (χ3v) is 2.36. The summed E-state index contributed by atoms with van der Waals surface area (Å²) in [6, 6.07) is 3.33. The summed E-state index contributed by atoms with van der Waals surface area (Å²) in [5.41, 5.74) is 0.952. The first-order valence-electron chi connectivity index (χ1n) is 5.63. The van der Waals surface area contributed by atoms with Crippen LogP contribution in [-0.2, 0) is 16.8 Å². The Morgan fingerprint density at radius 1 is 1.41 bits per heavy atom. The zero-order valence-corrected chi connectivity index (χ0v) is 10.7. The molecule has 0 N–H and O–H groups in total. The van der Waals surface area contributed by atoms with Crippen LogP contribution in [0.3, 0.4) is 0 Å². The minimum absolute atomic E-state index is 0.149. The van der Waals surface area contributed by atoms with E-state index in [4.69, 9.17) is 4.74 Å². The Hall–Kier alpha value is -1.45. The molecule has 0 aliphatic carbocycles. The molecule has 1 rings (SSSR count). The summed E-state index contributed by atoms with van der Waals surface area (Å²) in [6.07, 6.45) is 0. The summed E-state index contributed by atoms with van der Waals surface area (Å²) >= 11 is 0. The molecular weight excluding hydrogens is 221 g/mol. The number of nitrogens with zero attached hydrogens (tertiary/aromatic N) is 1. The summed E-state index contributed by atoms with van der Waals surface area (Å²) in [6.45, 7) is 7.18. The van der Waals surface area contributed by atoms with E-state index in [1.54, 1.807) is 19.1 Å². The molecule has 94 valence electrons. The molecule has 0 fully saturated rings. The van der Waals surface area contributed by atoms with Crippen molar-refractivity contribution in [2.24, 2.45) is 0 Å². The van der Waals surface area contributed by atoms with Crippen molar-refractivity contribution in [3.05, 3.63) is 29.1 Å². The number of rotatable bonds is 3. The first-order valence-corrected chi connectivity index (χ1v) is 5.63. The molecule has 0 bridgehead atoms. The zero-order chi connectivity index (χ0) is 13.1. The van der Waals surface area contributed by atoms with Gasteiger partial charge in [-0.3, -0.25) is 4.98 Å². The summed E-state index contributed by atoms with van der Waals surface area (Å²) in [5, 5.41) is 0. The number of carbonyl (C=O) groups excluding carboxylic acids is 1. The van der Waals surface area contributed by atoms with Crippen LogP contribution in [0, 0.1) is 0 Å². The van der Waals surface area contributed by atoms with Crippen molar-refractivity contribution in [3.8, 4) is 0 Å². The summed E-state index contributed by atoms with van der Waals surface area (Å²) in [7, 11) is 0. The van der Waals surface area contributed by atoms with Crippen molar-refractivity contribution >= 4 is 5.97 Å². The van der Waals surface area contributed by atoms with Crippen LogP contribution in [0.15, 0.2) is 12.1 Å². The molecule has 0 unspecified atom stereocenters. The summed E-state index contributed by atoms with van der Waals surface area (Å²) < 4.78 is 17.7. The van der Waals surface area contributed by atoms with Gasteiger partial charge in [0, 0.05) is 11.1 Å². The number of esters is 1. The number of carbonyl (C=O) groups is 1. The molecular formula is C13H18FNO2. The van der Waals surface area contributed by atoms with E-state index >= 15 is 0 Å². The van der Waals surface area contributed by atoms with Crippen LogP contribution < -0.4 is 0 Å². The van der Waals surface area contributed by atoms with Gasteiger partial charge in [-0.2, -0.15) is 0 Å². The number of hydrogen-bond donors (Lipinski definition) is 0. The Morgan fingerprint density at radius 3 is 2.53 bits per heavy atom. The third-order valence-electron chi connectivity index (χ3n) is 2.36.